The number of oxazole rings is 1. The lowest BCUT2D eigenvalue weighted by molar-refractivity contribution is 0.288. The van der Waals surface area contributed by atoms with Gasteiger partial charge in [-0.3, -0.25) is 0 Å². The lowest BCUT2D eigenvalue weighted by Crippen LogP contribution is -2.02. The average molecular weight is 273 g/mol. The maximum atomic E-state index is 5.76. The van der Waals surface area contributed by atoms with Crippen LogP contribution in [0.4, 0.5) is 0 Å². The fourth-order valence-electron chi connectivity index (χ4n) is 0.957. The van der Waals surface area contributed by atoms with E-state index in [2.05, 4.69) is 19.9 Å². The normalized spacial score (nSPS) is 10.5. The number of hydrogen-bond donors (Lipinski definition) is 0. The second kappa shape index (κ2) is 5.83. The summed E-state index contributed by atoms with van der Waals surface area (Å²) in [7, 11) is 0. The van der Waals surface area contributed by atoms with Crippen molar-refractivity contribution in [2.24, 2.45) is 0 Å². The third-order valence-corrected chi connectivity index (χ3v) is 2.50. The van der Waals surface area contributed by atoms with Gasteiger partial charge >= 0.3 is 6.01 Å². The van der Waals surface area contributed by atoms with Gasteiger partial charge in [-0.1, -0.05) is 6.92 Å². The first-order valence-electron chi connectivity index (χ1n) is 4.89. The molecular weight excluding hydrogens is 264 g/mol. The van der Waals surface area contributed by atoms with Gasteiger partial charge < -0.3 is 9.15 Å². The molecule has 8 heteroatoms. The number of hydrogen-bond acceptors (Lipinski definition) is 7. The number of ether oxygens (including phenoxy) is 1. The molecule has 17 heavy (non-hydrogen) atoms. The zero-order valence-corrected chi connectivity index (χ0v) is 10.5. The quantitative estimate of drug-likeness (QED) is 0.827. The molecule has 0 bridgehead atoms. The van der Waals surface area contributed by atoms with Crippen LogP contribution in [0.2, 0.25) is 5.28 Å². The monoisotopic (exact) mass is 272 g/mol. The Hall–Kier alpha value is -1.34. The number of nitrogens with zero attached hydrogens (tertiary/aromatic N) is 4. The summed E-state index contributed by atoms with van der Waals surface area (Å²) in [6.07, 6.45) is 3.88. The van der Waals surface area contributed by atoms with Crippen molar-refractivity contribution in [1.82, 2.24) is 19.9 Å². The smallest absolute Gasteiger partial charge is 0.321 e. The Morgan fingerprint density at radius 2 is 2.29 bits per heavy atom. The molecule has 0 amide bonds. The summed E-state index contributed by atoms with van der Waals surface area (Å²) >= 11 is 6.91. The van der Waals surface area contributed by atoms with E-state index in [9.17, 15) is 0 Å². The maximum absolute atomic E-state index is 5.76. The summed E-state index contributed by atoms with van der Waals surface area (Å²) < 4.78 is 10.4. The molecule has 0 saturated carbocycles. The van der Waals surface area contributed by atoms with Gasteiger partial charge in [0.05, 0.1) is 12.8 Å². The highest BCUT2D eigenvalue weighted by atomic mass is 35.5. The van der Waals surface area contributed by atoms with Gasteiger partial charge in [0.2, 0.25) is 10.4 Å². The van der Waals surface area contributed by atoms with Crippen LogP contribution in [0.25, 0.3) is 0 Å². The topological polar surface area (TPSA) is 73.9 Å². The van der Waals surface area contributed by atoms with E-state index in [4.69, 9.17) is 20.8 Å². The van der Waals surface area contributed by atoms with Gasteiger partial charge in [0.25, 0.3) is 5.22 Å². The highest BCUT2D eigenvalue weighted by molar-refractivity contribution is 7.98. The van der Waals surface area contributed by atoms with E-state index < -0.39 is 0 Å². The average Bonchev–Trinajstić information content (AvgIpc) is 2.78. The van der Waals surface area contributed by atoms with Crippen LogP contribution in [0.3, 0.4) is 0 Å². The Balaban J connectivity index is 2.13. The van der Waals surface area contributed by atoms with Crippen molar-refractivity contribution in [3.8, 4) is 6.01 Å². The van der Waals surface area contributed by atoms with Crippen molar-refractivity contribution in [2.75, 3.05) is 6.61 Å². The van der Waals surface area contributed by atoms with Crippen LogP contribution in [-0.4, -0.2) is 26.5 Å². The number of halogens is 1. The third kappa shape index (κ3) is 3.57. The zero-order valence-electron chi connectivity index (χ0n) is 8.96. The Kier molecular flexibility index (Phi) is 4.16. The Morgan fingerprint density at radius 1 is 1.41 bits per heavy atom. The van der Waals surface area contributed by atoms with Gasteiger partial charge in [-0.2, -0.15) is 15.0 Å². The standard InChI is InChI=1S/C9H9ClN4O2S/c1-2-4-15-7-12-6(10)13-8(14-7)17-9-11-3-5-16-9/h3,5H,2,4H2,1H3. The molecule has 2 rings (SSSR count). The molecule has 2 aromatic heterocycles. The van der Waals surface area contributed by atoms with Gasteiger partial charge in [0.15, 0.2) is 0 Å². The number of aromatic nitrogens is 4. The molecule has 6 nitrogen and oxygen atoms in total. The minimum absolute atomic E-state index is 0.0835. The highest BCUT2D eigenvalue weighted by Crippen LogP contribution is 2.24. The largest absolute Gasteiger partial charge is 0.463 e. The molecule has 0 saturated heterocycles. The molecule has 2 aromatic rings. The molecule has 0 aliphatic heterocycles. The van der Waals surface area contributed by atoms with Gasteiger partial charge in [0, 0.05) is 11.8 Å². The molecule has 0 radical (unpaired) electrons. The fourth-order valence-corrected chi connectivity index (χ4v) is 1.79. The van der Waals surface area contributed by atoms with Crippen LogP contribution in [0.15, 0.2) is 27.3 Å². The molecule has 0 spiro atoms. The number of rotatable bonds is 5. The summed E-state index contributed by atoms with van der Waals surface area (Å²) in [5, 5.41) is 0.910. The Morgan fingerprint density at radius 3 is 3.00 bits per heavy atom. The molecule has 0 aliphatic rings. The first-order chi connectivity index (χ1) is 8.28. The van der Waals surface area contributed by atoms with Crippen molar-refractivity contribution >= 4 is 23.4 Å². The summed E-state index contributed by atoms with van der Waals surface area (Å²) in [4.78, 5) is 15.8. The Labute approximate surface area is 107 Å². The first kappa shape index (κ1) is 12.1. The van der Waals surface area contributed by atoms with Crippen LogP contribution in [-0.2, 0) is 0 Å². The Bertz CT molecular complexity index is 480. The van der Waals surface area contributed by atoms with Gasteiger partial charge in [-0.25, -0.2) is 4.98 Å². The van der Waals surface area contributed by atoms with Crippen LogP contribution < -0.4 is 4.74 Å². The van der Waals surface area contributed by atoms with Gasteiger partial charge in [0.1, 0.15) is 6.26 Å². The lowest BCUT2D eigenvalue weighted by Gasteiger charge is -2.03. The zero-order chi connectivity index (χ0) is 12.1. The minimum Gasteiger partial charge on any atom is -0.463 e. The second-order valence-electron chi connectivity index (χ2n) is 2.92. The molecule has 2 heterocycles. The van der Waals surface area contributed by atoms with E-state index in [-0.39, 0.29) is 11.3 Å². The molecule has 0 aliphatic carbocycles. The van der Waals surface area contributed by atoms with Crippen molar-refractivity contribution < 1.29 is 9.15 Å². The van der Waals surface area contributed by atoms with Gasteiger partial charge in [-0.15, -0.1) is 0 Å². The molecule has 0 N–H and O–H groups in total. The van der Waals surface area contributed by atoms with Crippen molar-refractivity contribution in [3.05, 3.63) is 17.7 Å². The van der Waals surface area contributed by atoms with Crippen molar-refractivity contribution in [1.29, 1.82) is 0 Å². The second-order valence-corrected chi connectivity index (χ2v) is 4.17. The van der Waals surface area contributed by atoms with E-state index in [1.807, 2.05) is 6.92 Å². The van der Waals surface area contributed by atoms with E-state index in [0.717, 1.165) is 18.2 Å². The highest BCUT2D eigenvalue weighted by Gasteiger charge is 2.09. The third-order valence-electron chi connectivity index (χ3n) is 1.59. The molecular formula is C9H9ClN4O2S. The van der Waals surface area contributed by atoms with Crippen molar-refractivity contribution in [2.45, 2.75) is 23.7 Å². The molecule has 90 valence electrons. The maximum Gasteiger partial charge on any atom is 0.321 e. The van der Waals surface area contributed by atoms with E-state index in [1.54, 1.807) is 6.20 Å². The molecule has 0 fully saturated rings. The van der Waals surface area contributed by atoms with Crippen LogP contribution in [0.1, 0.15) is 13.3 Å². The van der Waals surface area contributed by atoms with Crippen LogP contribution >= 0.6 is 23.4 Å². The SMILES string of the molecule is CCCOc1nc(Cl)nc(Sc2ncco2)n1. The predicted octanol–water partition coefficient (Wildman–Crippen LogP) is 2.45. The summed E-state index contributed by atoms with van der Waals surface area (Å²) in [5.74, 6) is 0. The molecule has 0 atom stereocenters. The van der Waals surface area contributed by atoms with Crippen LogP contribution in [0.5, 0.6) is 6.01 Å². The van der Waals surface area contributed by atoms with Crippen molar-refractivity contribution in [3.63, 3.8) is 0 Å². The van der Waals surface area contributed by atoms with E-state index in [0.29, 0.717) is 17.0 Å². The summed E-state index contributed by atoms with van der Waals surface area (Å²) in [5.41, 5.74) is 0. The fraction of sp³-hybridized carbons (Fsp3) is 0.333. The minimum atomic E-state index is 0.0835. The van der Waals surface area contributed by atoms with Gasteiger partial charge in [-0.05, 0) is 18.0 Å². The summed E-state index contributed by atoms with van der Waals surface area (Å²) in [6.45, 7) is 2.52. The van der Waals surface area contributed by atoms with E-state index >= 15 is 0 Å². The first-order valence-corrected chi connectivity index (χ1v) is 6.09. The molecule has 0 aromatic carbocycles. The van der Waals surface area contributed by atoms with E-state index in [1.165, 1.54) is 6.26 Å². The predicted molar refractivity (Wildman–Crippen MR) is 61.2 cm³/mol. The molecule has 0 unspecified atom stereocenters. The lowest BCUT2D eigenvalue weighted by atomic mass is 10.5. The van der Waals surface area contributed by atoms with Crippen LogP contribution in [0, 0.1) is 0 Å². The summed E-state index contributed by atoms with van der Waals surface area (Å²) in [6, 6.07) is 0.209.